The van der Waals surface area contributed by atoms with Gasteiger partial charge in [-0.25, -0.2) is 8.42 Å². The molecule has 0 amide bonds. The molecule has 0 saturated heterocycles. The number of rotatable bonds is 2. The number of halogens is 10. The van der Waals surface area contributed by atoms with Crippen LogP contribution in [0.3, 0.4) is 0 Å². The molecule has 0 rings (SSSR count). The van der Waals surface area contributed by atoms with E-state index in [1.54, 1.807) is 0 Å². The van der Waals surface area contributed by atoms with Crippen molar-refractivity contribution < 1.29 is 52.3 Å². The minimum atomic E-state index is -6.87. The summed E-state index contributed by atoms with van der Waals surface area (Å²) < 4.78 is 139. The zero-order valence-corrected chi connectivity index (χ0v) is 8.82. The number of alkyl halides is 6. The van der Waals surface area contributed by atoms with E-state index in [0.29, 0.717) is 0 Å². The summed E-state index contributed by atoms with van der Waals surface area (Å²) in [7, 11) is -6.87. The Morgan fingerprint density at radius 1 is 0.632 bits per heavy atom. The molecular weight excluding hydrogens is 326 g/mol. The van der Waals surface area contributed by atoms with E-state index in [9.17, 15) is 52.3 Å². The van der Waals surface area contributed by atoms with Gasteiger partial charge in [0, 0.05) is 0 Å². The van der Waals surface area contributed by atoms with Crippen LogP contribution in [0.1, 0.15) is 0 Å². The van der Waals surface area contributed by atoms with E-state index in [4.69, 9.17) is 0 Å². The molecule has 0 N–H and O–H groups in total. The molecule has 2 nitrogen and oxygen atoms in total. The Hall–Kier alpha value is -1.27. The fourth-order valence-electron chi connectivity index (χ4n) is 0.537. The van der Waals surface area contributed by atoms with Crippen LogP contribution in [0.2, 0.25) is 0 Å². The Bertz CT molecular complexity index is 477. The molecule has 0 aliphatic rings. The summed E-state index contributed by atoms with van der Waals surface area (Å²) >= 11 is 0. The van der Waals surface area contributed by atoms with E-state index in [2.05, 4.69) is 0 Å². The number of sulfone groups is 1. The van der Waals surface area contributed by atoms with Gasteiger partial charge in [0.1, 0.15) is 0 Å². The van der Waals surface area contributed by atoms with Gasteiger partial charge in [-0.3, -0.25) is 0 Å². The van der Waals surface area contributed by atoms with Crippen molar-refractivity contribution in [3.63, 3.8) is 0 Å². The van der Waals surface area contributed by atoms with Crippen molar-refractivity contribution in [2.24, 2.45) is 0 Å². The van der Waals surface area contributed by atoms with Crippen molar-refractivity contribution in [3.05, 3.63) is 22.0 Å². The monoisotopic (exact) mass is 326 g/mol. The van der Waals surface area contributed by atoms with Crippen molar-refractivity contribution in [1.82, 2.24) is 0 Å². The molecule has 0 aliphatic heterocycles. The van der Waals surface area contributed by atoms with Crippen LogP contribution in [0.15, 0.2) is 22.0 Å². The van der Waals surface area contributed by atoms with E-state index in [0.717, 1.165) is 0 Å². The van der Waals surface area contributed by atoms with Gasteiger partial charge in [0.05, 0.1) is 0 Å². The summed E-state index contributed by atoms with van der Waals surface area (Å²) in [5.41, 5.74) is 0. The minimum Gasteiger partial charge on any atom is -0.213 e. The van der Waals surface area contributed by atoms with Gasteiger partial charge >= 0.3 is 12.4 Å². The van der Waals surface area contributed by atoms with Gasteiger partial charge in [-0.15, -0.1) is 0 Å². The van der Waals surface area contributed by atoms with Gasteiger partial charge < -0.3 is 0 Å². The summed E-state index contributed by atoms with van der Waals surface area (Å²) in [4.78, 5) is 0. The highest BCUT2D eigenvalue weighted by Gasteiger charge is 2.47. The third-order valence-electron chi connectivity index (χ3n) is 1.31. The lowest BCUT2D eigenvalue weighted by atomic mass is 10.6. The molecule has 0 fully saturated rings. The fourth-order valence-corrected chi connectivity index (χ4v) is 1.40. The second kappa shape index (κ2) is 5.02. The molecule has 0 aromatic rings. The fraction of sp³-hybridized carbons (Fsp3) is 0.333. The highest BCUT2D eigenvalue weighted by molar-refractivity contribution is 7.98. The maximum atomic E-state index is 12.5. The highest BCUT2D eigenvalue weighted by Crippen LogP contribution is 2.38. The second-order valence-electron chi connectivity index (χ2n) is 2.67. The first-order valence-corrected chi connectivity index (χ1v) is 5.11. The van der Waals surface area contributed by atoms with Crippen LogP contribution in [-0.2, 0) is 9.84 Å². The van der Waals surface area contributed by atoms with Crippen LogP contribution in [0.4, 0.5) is 43.9 Å². The van der Waals surface area contributed by atoms with Crippen molar-refractivity contribution in [2.45, 2.75) is 12.4 Å². The van der Waals surface area contributed by atoms with Gasteiger partial charge in [0.2, 0.25) is 0 Å². The molecule has 0 radical (unpaired) electrons. The molecular formula is C6F10O2S. The molecule has 0 aromatic carbocycles. The summed E-state index contributed by atoms with van der Waals surface area (Å²) in [6.45, 7) is 0. The predicted molar refractivity (Wildman–Crippen MR) is 39.5 cm³/mol. The third-order valence-corrected chi connectivity index (χ3v) is 2.62. The van der Waals surface area contributed by atoms with Crippen LogP contribution >= 0.6 is 0 Å². The van der Waals surface area contributed by atoms with Gasteiger partial charge in [-0.1, -0.05) is 0 Å². The molecule has 0 unspecified atom stereocenters. The number of hydrogen-bond acceptors (Lipinski definition) is 2. The molecule has 13 heteroatoms. The quantitative estimate of drug-likeness (QED) is 0.725. The Balaban J connectivity index is 6.09. The first-order valence-electron chi connectivity index (χ1n) is 3.63. The van der Waals surface area contributed by atoms with Crippen LogP contribution in [-0.4, -0.2) is 20.8 Å². The normalized spacial score (nSPS) is 16.9. The SMILES string of the molecule is O=S(=O)(C(F)=C(F)C(F)(F)F)C(F)=C(F)C(F)(F)F. The number of hydrogen-bond donors (Lipinski definition) is 0. The van der Waals surface area contributed by atoms with Gasteiger partial charge in [0.15, 0.2) is 0 Å². The largest absolute Gasteiger partial charge is 0.446 e. The lowest BCUT2D eigenvalue weighted by Gasteiger charge is -2.07. The van der Waals surface area contributed by atoms with Crippen molar-refractivity contribution in [2.75, 3.05) is 0 Å². The molecule has 0 spiro atoms. The summed E-state index contributed by atoms with van der Waals surface area (Å²) in [5.74, 6) is -8.03. The Morgan fingerprint density at radius 2 is 0.842 bits per heavy atom. The van der Waals surface area contributed by atoms with Crippen LogP contribution < -0.4 is 0 Å². The van der Waals surface area contributed by atoms with Crippen molar-refractivity contribution >= 4 is 9.84 Å². The molecule has 0 atom stereocenters. The van der Waals surface area contributed by atoms with Crippen LogP contribution in [0.25, 0.3) is 0 Å². The van der Waals surface area contributed by atoms with Crippen LogP contribution in [0, 0.1) is 0 Å². The Morgan fingerprint density at radius 3 is 1.00 bits per heavy atom. The van der Waals surface area contributed by atoms with E-state index >= 15 is 0 Å². The summed E-state index contributed by atoms with van der Waals surface area (Å²) in [5, 5.41) is -7.84. The van der Waals surface area contributed by atoms with Crippen molar-refractivity contribution in [1.29, 1.82) is 0 Å². The summed E-state index contributed by atoms with van der Waals surface area (Å²) in [6, 6.07) is 0. The molecule has 0 heterocycles. The third kappa shape index (κ3) is 3.84. The zero-order chi connectivity index (χ0) is 15.8. The Labute approximate surface area is 97.5 Å². The first-order chi connectivity index (χ1) is 8.13. The summed E-state index contributed by atoms with van der Waals surface area (Å²) in [6.07, 6.45) is -12.5. The topological polar surface area (TPSA) is 34.1 Å². The molecule has 19 heavy (non-hydrogen) atoms. The van der Waals surface area contributed by atoms with Crippen molar-refractivity contribution in [3.8, 4) is 0 Å². The number of allylic oxidation sites excluding steroid dienone is 2. The minimum absolute atomic E-state index is 3.92. The maximum Gasteiger partial charge on any atom is 0.446 e. The van der Waals surface area contributed by atoms with Crippen LogP contribution in [0.5, 0.6) is 0 Å². The van der Waals surface area contributed by atoms with Gasteiger partial charge in [-0.2, -0.15) is 43.9 Å². The molecule has 0 aliphatic carbocycles. The molecule has 0 aromatic heterocycles. The van der Waals surface area contributed by atoms with E-state index < -0.39 is 44.2 Å². The molecule has 0 bridgehead atoms. The smallest absolute Gasteiger partial charge is 0.213 e. The van der Waals surface area contributed by atoms with E-state index in [1.165, 1.54) is 0 Å². The van der Waals surface area contributed by atoms with Gasteiger partial charge in [-0.05, 0) is 0 Å². The second-order valence-corrected chi connectivity index (χ2v) is 4.40. The molecule has 0 saturated carbocycles. The highest BCUT2D eigenvalue weighted by atomic mass is 32.2. The first kappa shape index (κ1) is 17.7. The lowest BCUT2D eigenvalue weighted by molar-refractivity contribution is -0.110. The lowest BCUT2D eigenvalue weighted by Crippen LogP contribution is -2.17. The predicted octanol–water partition coefficient (Wildman–Crippen LogP) is 3.74. The zero-order valence-electron chi connectivity index (χ0n) is 8.00. The average molecular weight is 326 g/mol. The Kier molecular flexibility index (Phi) is 4.68. The van der Waals surface area contributed by atoms with E-state index in [-0.39, 0.29) is 0 Å². The van der Waals surface area contributed by atoms with E-state index in [1.807, 2.05) is 0 Å². The average Bonchev–Trinajstić information content (AvgIpc) is 2.22. The standard InChI is InChI=1S/C6F10O2S/c7-1(5(11,12)13)3(9)19(17,18)4(10)2(8)6(14,15)16. The van der Waals surface area contributed by atoms with Gasteiger partial charge in [0.25, 0.3) is 31.8 Å². The maximum absolute atomic E-state index is 12.5. The molecule has 112 valence electrons.